The minimum atomic E-state index is -0.0796. The lowest BCUT2D eigenvalue weighted by Gasteiger charge is -2.39. The largest absolute Gasteiger partial charge is 0.497 e. The summed E-state index contributed by atoms with van der Waals surface area (Å²) in [6, 6.07) is 10.5. The number of methoxy groups -OCH3 is 4. The van der Waals surface area contributed by atoms with E-state index in [-0.39, 0.29) is 17.9 Å². The lowest BCUT2D eigenvalue weighted by molar-refractivity contribution is -0.0399. The second-order valence-electron chi connectivity index (χ2n) is 8.98. The van der Waals surface area contributed by atoms with Crippen LogP contribution in [0.15, 0.2) is 36.4 Å². The SMILES string of the molecule is COc1ccc(C(=O)N2CCOC(CN3CCN(C(=O)c4cc(OC)c(OC)c(OC)c4)CC3)C2)cc1. The third-order valence-electron chi connectivity index (χ3n) is 6.80. The van der Waals surface area contributed by atoms with E-state index in [1.807, 2.05) is 9.80 Å². The summed E-state index contributed by atoms with van der Waals surface area (Å²) in [6.07, 6.45) is -0.0756. The third kappa shape index (κ3) is 6.08. The van der Waals surface area contributed by atoms with E-state index in [0.29, 0.717) is 67.7 Å². The van der Waals surface area contributed by atoms with Crippen molar-refractivity contribution in [1.82, 2.24) is 14.7 Å². The van der Waals surface area contributed by atoms with E-state index in [1.54, 1.807) is 43.5 Å². The summed E-state index contributed by atoms with van der Waals surface area (Å²) < 4.78 is 27.3. The molecule has 2 heterocycles. The first kappa shape index (κ1) is 26.6. The molecule has 2 fully saturated rings. The highest BCUT2D eigenvalue weighted by Gasteiger charge is 2.29. The number of piperazine rings is 1. The molecule has 2 aromatic carbocycles. The molecule has 200 valence electrons. The van der Waals surface area contributed by atoms with Gasteiger partial charge in [-0.3, -0.25) is 14.5 Å². The maximum Gasteiger partial charge on any atom is 0.254 e. The Kier molecular flexibility index (Phi) is 8.73. The highest BCUT2D eigenvalue weighted by Crippen LogP contribution is 2.38. The summed E-state index contributed by atoms with van der Waals surface area (Å²) in [4.78, 5) is 32.1. The molecule has 2 aliphatic rings. The van der Waals surface area contributed by atoms with Crippen LogP contribution in [0.3, 0.4) is 0 Å². The summed E-state index contributed by atoms with van der Waals surface area (Å²) in [6.45, 7) is 4.96. The van der Waals surface area contributed by atoms with Crippen molar-refractivity contribution in [2.45, 2.75) is 6.10 Å². The number of rotatable bonds is 8. The van der Waals surface area contributed by atoms with E-state index in [9.17, 15) is 9.59 Å². The molecule has 0 radical (unpaired) electrons. The Morgan fingerprint density at radius 3 is 1.97 bits per heavy atom. The van der Waals surface area contributed by atoms with E-state index in [4.69, 9.17) is 23.7 Å². The topological polar surface area (TPSA) is 90.0 Å². The number of amides is 2. The van der Waals surface area contributed by atoms with Gasteiger partial charge in [0, 0.05) is 56.9 Å². The van der Waals surface area contributed by atoms with Crippen molar-refractivity contribution in [3.8, 4) is 23.0 Å². The zero-order chi connectivity index (χ0) is 26.4. The molecule has 1 unspecified atom stereocenters. The van der Waals surface area contributed by atoms with Gasteiger partial charge in [0.05, 0.1) is 41.2 Å². The second kappa shape index (κ2) is 12.2. The normalized spacial score (nSPS) is 18.3. The predicted octanol–water partition coefficient (Wildman–Crippen LogP) is 2.02. The van der Waals surface area contributed by atoms with Crippen molar-refractivity contribution in [2.75, 3.05) is 80.9 Å². The fourth-order valence-corrected chi connectivity index (χ4v) is 4.74. The standard InChI is InChI=1S/C27H35N3O7/c1-33-21-7-5-19(6-8-21)26(31)30-13-14-37-22(18-30)17-28-9-11-29(12-10-28)27(32)20-15-23(34-2)25(36-4)24(16-20)35-3/h5-8,15-16,22H,9-14,17-18H2,1-4H3. The van der Waals surface area contributed by atoms with Crippen molar-refractivity contribution in [3.63, 3.8) is 0 Å². The fourth-order valence-electron chi connectivity index (χ4n) is 4.74. The van der Waals surface area contributed by atoms with Crippen LogP contribution >= 0.6 is 0 Å². The number of carbonyl (C=O) groups excluding carboxylic acids is 2. The van der Waals surface area contributed by atoms with Crippen LogP contribution in [0.4, 0.5) is 0 Å². The molecule has 2 aromatic rings. The number of carbonyl (C=O) groups is 2. The zero-order valence-corrected chi connectivity index (χ0v) is 21.9. The number of morpholine rings is 1. The molecule has 0 aliphatic carbocycles. The first-order valence-electron chi connectivity index (χ1n) is 12.3. The summed E-state index contributed by atoms with van der Waals surface area (Å²) >= 11 is 0. The van der Waals surface area contributed by atoms with Crippen molar-refractivity contribution in [1.29, 1.82) is 0 Å². The maximum atomic E-state index is 13.2. The van der Waals surface area contributed by atoms with Crippen molar-refractivity contribution < 1.29 is 33.3 Å². The first-order valence-corrected chi connectivity index (χ1v) is 12.3. The van der Waals surface area contributed by atoms with Gasteiger partial charge in [0.25, 0.3) is 11.8 Å². The van der Waals surface area contributed by atoms with Crippen molar-refractivity contribution >= 4 is 11.8 Å². The molecule has 0 aromatic heterocycles. The lowest BCUT2D eigenvalue weighted by atomic mass is 10.1. The van der Waals surface area contributed by atoms with Gasteiger partial charge in [0.2, 0.25) is 5.75 Å². The molecule has 4 rings (SSSR count). The molecule has 10 heteroatoms. The van der Waals surface area contributed by atoms with Crippen LogP contribution in [-0.4, -0.2) is 113 Å². The van der Waals surface area contributed by atoms with Gasteiger partial charge in [0.1, 0.15) is 5.75 Å². The van der Waals surface area contributed by atoms with Crippen molar-refractivity contribution in [2.24, 2.45) is 0 Å². The van der Waals surface area contributed by atoms with Gasteiger partial charge in [-0.05, 0) is 36.4 Å². The minimum absolute atomic E-state index is 0.00304. The highest BCUT2D eigenvalue weighted by atomic mass is 16.5. The van der Waals surface area contributed by atoms with Crippen LogP contribution in [0, 0.1) is 0 Å². The fraction of sp³-hybridized carbons (Fsp3) is 0.481. The molecule has 10 nitrogen and oxygen atoms in total. The van der Waals surface area contributed by atoms with Gasteiger partial charge in [-0.25, -0.2) is 0 Å². The smallest absolute Gasteiger partial charge is 0.254 e. The van der Waals surface area contributed by atoms with Gasteiger partial charge in [-0.1, -0.05) is 0 Å². The first-order chi connectivity index (χ1) is 18.0. The summed E-state index contributed by atoms with van der Waals surface area (Å²) in [5.41, 5.74) is 1.13. The van der Waals surface area contributed by atoms with Crippen LogP contribution in [-0.2, 0) is 4.74 Å². The third-order valence-corrected chi connectivity index (χ3v) is 6.80. The Balaban J connectivity index is 1.31. The molecule has 1 atom stereocenters. The number of benzene rings is 2. The van der Waals surface area contributed by atoms with Crippen LogP contribution in [0.5, 0.6) is 23.0 Å². The summed E-state index contributed by atoms with van der Waals surface area (Å²) in [5.74, 6) is 2.00. The van der Waals surface area contributed by atoms with E-state index < -0.39 is 0 Å². The molecule has 2 amide bonds. The number of hydrogen-bond donors (Lipinski definition) is 0. The molecule has 0 saturated carbocycles. The van der Waals surface area contributed by atoms with Crippen molar-refractivity contribution in [3.05, 3.63) is 47.5 Å². The molecule has 0 spiro atoms. The number of ether oxygens (including phenoxy) is 5. The van der Waals surface area contributed by atoms with Crippen LogP contribution < -0.4 is 18.9 Å². The van der Waals surface area contributed by atoms with E-state index in [2.05, 4.69) is 4.90 Å². The Hall–Kier alpha value is -3.50. The molecule has 0 N–H and O–H groups in total. The molecule has 0 bridgehead atoms. The van der Waals surface area contributed by atoms with Gasteiger partial charge in [-0.15, -0.1) is 0 Å². The van der Waals surface area contributed by atoms with E-state index in [0.717, 1.165) is 18.8 Å². The molecular formula is C27H35N3O7. The van der Waals surface area contributed by atoms with Gasteiger partial charge in [0.15, 0.2) is 11.5 Å². The minimum Gasteiger partial charge on any atom is -0.497 e. The molecule has 2 saturated heterocycles. The number of nitrogens with zero attached hydrogens (tertiary/aromatic N) is 3. The highest BCUT2D eigenvalue weighted by molar-refractivity contribution is 5.96. The Morgan fingerprint density at radius 1 is 0.784 bits per heavy atom. The van der Waals surface area contributed by atoms with Gasteiger partial charge < -0.3 is 33.5 Å². The monoisotopic (exact) mass is 513 g/mol. The summed E-state index contributed by atoms with van der Waals surface area (Å²) in [7, 11) is 6.20. The Bertz CT molecular complexity index is 1060. The average Bonchev–Trinajstić information content (AvgIpc) is 2.96. The molecule has 37 heavy (non-hydrogen) atoms. The quantitative estimate of drug-likeness (QED) is 0.530. The summed E-state index contributed by atoms with van der Waals surface area (Å²) in [5, 5.41) is 0. The molecular weight excluding hydrogens is 478 g/mol. The Labute approximate surface area is 217 Å². The van der Waals surface area contributed by atoms with Gasteiger partial charge >= 0.3 is 0 Å². The zero-order valence-electron chi connectivity index (χ0n) is 21.9. The second-order valence-corrected chi connectivity index (χ2v) is 8.98. The van der Waals surface area contributed by atoms with Crippen LogP contribution in [0.1, 0.15) is 20.7 Å². The van der Waals surface area contributed by atoms with Gasteiger partial charge in [-0.2, -0.15) is 0 Å². The van der Waals surface area contributed by atoms with Crippen LogP contribution in [0.2, 0.25) is 0 Å². The molecule has 2 aliphatic heterocycles. The van der Waals surface area contributed by atoms with Crippen LogP contribution in [0.25, 0.3) is 0 Å². The van der Waals surface area contributed by atoms with E-state index >= 15 is 0 Å². The predicted molar refractivity (Wildman–Crippen MR) is 137 cm³/mol. The van der Waals surface area contributed by atoms with E-state index in [1.165, 1.54) is 21.3 Å². The average molecular weight is 514 g/mol. The lowest BCUT2D eigenvalue weighted by Crippen LogP contribution is -2.54. The Morgan fingerprint density at radius 2 is 1.41 bits per heavy atom. The number of hydrogen-bond acceptors (Lipinski definition) is 8. The maximum absolute atomic E-state index is 13.2.